The number of nitrogens with one attached hydrogen (secondary N) is 3. The fraction of sp³-hybridized carbons (Fsp3) is 0.433. The highest BCUT2D eigenvalue weighted by molar-refractivity contribution is 6.01. The van der Waals surface area contributed by atoms with Crippen molar-refractivity contribution in [2.75, 3.05) is 11.4 Å². The number of aromatic amines is 1. The first-order chi connectivity index (χ1) is 18.0. The number of carbonyl (C=O) groups is 3. The van der Waals surface area contributed by atoms with E-state index in [4.69, 9.17) is 4.74 Å². The van der Waals surface area contributed by atoms with Crippen molar-refractivity contribution in [2.45, 2.75) is 71.6 Å². The monoisotopic (exact) mass is 518 g/mol. The van der Waals surface area contributed by atoms with Crippen molar-refractivity contribution in [3.8, 4) is 0 Å². The number of alkyl carbamates (subject to hydrolysis) is 1. The number of ether oxygens (including phenoxy) is 1. The van der Waals surface area contributed by atoms with Crippen LogP contribution in [0.4, 0.5) is 10.5 Å². The van der Waals surface area contributed by atoms with Crippen molar-refractivity contribution in [3.05, 3.63) is 65.9 Å². The van der Waals surface area contributed by atoms with Crippen molar-refractivity contribution in [3.63, 3.8) is 0 Å². The molecule has 1 aromatic heterocycles. The molecule has 0 fully saturated rings. The number of fused-ring (bicyclic) bond motifs is 2. The van der Waals surface area contributed by atoms with Crippen LogP contribution in [0, 0.1) is 5.92 Å². The van der Waals surface area contributed by atoms with Crippen LogP contribution in [-0.4, -0.2) is 47.1 Å². The molecule has 1 aliphatic rings. The first-order valence-electron chi connectivity index (χ1n) is 13.3. The van der Waals surface area contributed by atoms with Crippen LogP contribution in [0.2, 0.25) is 0 Å². The van der Waals surface area contributed by atoms with Gasteiger partial charge in [0.2, 0.25) is 11.8 Å². The van der Waals surface area contributed by atoms with Gasteiger partial charge in [0, 0.05) is 35.8 Å². The molecule has 3 N–H and O–H groups in total. The predicted molar refractivity (Wildman–Crippen MR) is 149 cm³/mol. The third kappa shape index (κ3) is 6.54. The van der Waals surface area contributed by atoms with Gasteiger partial charge in [0.15, 0.2) is 0 Å². The maximum absolute atomic E-state index is 13.7. The van der Waals surface area contributed by atoms with Crippen molar-refractivity contribution in [2.24, 2.45) is 5.92 Å². The smallest absolute Gasteiger partial charge is 0.408 e. The van der Waals surface area contributed by atoms with Crippen LogP contribution in [0.1, 0.15) is 52.2 Å². The molecule has 4 rings (SSSR count). The Balaban J connectivity index is 1.57. The lowest BCUT2D eigenvalue weighted by atomic mass is 10.0. The van der Waals surface area contributed by atoms with Gasteiger partial charge in [-0.15, -0.1) is 0 Å². The van der Waals surface area contributed by atoms with Gasteiger partial charge in [-0.25, -0.2) is 4.79 Å². The number of aromatic nitrogens is 1. The SMILES string of the molecule is CC(C)C[C@H](NC(=O)[C@H](Cc1c[nH]c2ccccc12)NC(=O)OC(C)(C)C)C(=O)N1CCc2ccccc21. The molecule has 3 aromatic rings. The van der Waals surface area contributed by atoms with Gasteiger partial charge in [-0.05, 0) is 62.8 Å². The summed E-state index contributed by atoms with van der Waals surface area (Å²) in [6.45, 7) is 9.93. The highest BCUT2D eigenvalue weighted by Gasteiger charge is 2.34. The lowest BCUT2D eigenvalue weighted by Crippen LogP contribution is -2.55. The fourth-order valence-electron chi connectivity index (χ4n) is 4.90. The van der Waals surface area contributed by atoms with Crippen LogP contribution in [-0.2, 0) is 27.2 Å². The van der Waals surface area contributed by atoms with Crippen LogP contribution in [0.25, 0.3) is 10.9 Å². The number of nitrogens with zero attached hydrogens (tertiary/aromatic N) is 1. The summed E-state index contributed by atoms with van der Waals surface area (Å²) in [5.74, 6) is -0.388. The van der Waals surface area contributed by atoms with Crippen molar-refractivity contribution in [1.29, 1.82) is 0 Å². The van der Waals surface area contributed by atoms with Crippen molar-refractivity contribution in [1.82, 2.24) is 15.6 Å². The van der Waals surface area contributed by atoms with E-state index in [9.17, 15) is 14.4 Å². The molecule has 2 heterocycles. The Morgan fingerprint density at radius 3 is 2.45 bits per heavy atom. The minimum atomic E-state index is -0.933. The molecule has 8 heteroatoms. The van der Waals surface area contributed by atoms with Crippen LogP contribution < -0.4 is 15.5 Å². The Morgan fingerprint density at radius 1 is 1.00 bits per heavy atom. The Bertz CT molecular complexity index is 1310. The molecule has 202 valence electrons. The maximum Gasteiger partial charge on any atom is 0.408 e. The lowest BCUT2D eigenvalue weighted by molar-refractivity contribution is -0.129. The van der Waals surface area contributed by atoms with E-state index in [2.05, 4.69) is 15.6 Å². The zero-order valence-corrected chi connectivity index (χ0v) is 22.8. The van der Waals surface area contributed by atoms with E-state index in [0.717, 1.165) is 34.1 Å². The standard InChI is InChI=1S/C30H38N4O4/c1-19(2)16-25(28(36)34-15-14-20-10-6-9-13-26(20)34)32-27(35)24(33-29(37)38-30(3,4)5)17-21-18-31-23-12-8-7-11-22(21)23/h6-13,18-19,24-25,31H,14-17H2,1-5H3,(H,32,35)(H,33,37)/t24-,25-/m0/s1. The van der Waals surface area contributed by atoms with Gasteiger partial charge >= 0.3 is 6.09 Å². The summed E-state index contributed by atoms with van der Waals surface area (Å²) in [6, 6.07) is 14.0. The summed E-state index contributed by atoms with van der Waals surface area (Å²) >= 11 is 0. The van der Waals surface area contributed by atoms with Crippen LogP contribution >= 0.6 is 0 Å². The second-order valence-corrected chi connectivity index (χ2v) is 11.3. The number of anilines is 1. The third-order valence-corrected chi connectivity index (χ3v) is 6.58. The van der Waals surface area contributed by atoms with E-state index < -0.39 is 29.7 Å². The van der Waals surface area contributed by atoms with Crippen molar-refractivity contribution >= 4 is 34.5 Å². The molecule has 0 bridgehead atoms. The van der Waals surface area contributed by atoms with Gasteiger partial charge in [-0.3, -0.25) is 9.59 Å². The Morgan fingerprint density at radius 2 is 1.71 bits per heavy atom. The van der Waals surface area contributed by atoms with Crippen LogP contribution in [0.15, 0.2) is 54.7 Å². The largest absolute Gasteiger partial charge is 0.444 e. The van der Waals surface area contributed by atoms with Gasteiger partial charge in [-0.1, -0.05) is 50.2 Å². The first-order valence-corrected chi connectivity index (χ1v) is 13.3. The lowest BCUT2D eigenvalue weighted by Gasteiger charge is -2.28. The van der Waals surface area contributed by atoms with E-state index in [1.807, 2.05) is 68.6 Å². The zero-order valence-electron chi connectivity index (χ0n) is 22.8. The molecule has 38 heavy (non-hydrogen) atoms. The molecule has 0 saturated heterocycles. The molecule has 8 nitrogen and oxygen atoms in total. The minimum absolute atomic E-state index is 0.139. The predicted octanol–water partition coefficient (Wildman–Crippen LogP) is 4.72. The summed E-state index contributed by atoms with van der Waals surface area (Å²) < 4.78 is 5.45. The van der Waals surface area contributed by atoms with E-state index in [1.165, 1.54) is 0 Å². The van der Waals surface area contributed by atoms with E-state index in [1.54, 1.807) is 25.7 Å². The number of amides is 3. The zero-order chi connectivity index (χ0) is 27.4. The quantitative estimate of drug-likeness (QED) is 0.401. The molecule has 0 unspecified atom stereocenters. The number of rotatable bonds is 8. The molecule has 0 aliphatic carbocycles. The van der Waals surface area contributed by atoms with Gasteiger partial charge in [0.25, 0.3) is 0 Å². The average Bonchev–Trinajstić information content (AvgIpc) is 3.46. The summed E-state index contributed by atoms with van der Waals surface area (Å²) in [5.41, 5.74) is 3.13. The minimum Gasteiger partial charge on any atom is -0.444 e. The topological polar surface area (TPSA) is 104 Å². The molecule has 3 amide bonds. The number of para-hydroxylation sites is 2. The van der Waals surface area contributed by atoms with Crippen LogP contribution in [0.3, 0.4) is 0 Å². The number of hydrogen-bond acceptors (Lipinski definition) is 4. The van der Waals surface area contributed by atoms with Gasteiger partial charge in [0.05, 0.1) is 0 Å². The Kier molecular flexibility index (Phi) is 8.09. The van der Waals surface area contributed by atoms with Gasteiger partial charge < -0.3 is 25.3 Å². The summed E-state index contributed by atoms with van der Waals surface area (Å²) in [5, 5.41) is 6.69. The molecule has 2 atom stereocenters. The number of H-pyrrole nitrogens is 1. The molecule has 0 radical (unpaired) electrons. The molecule has 1 aliphatic heterocycles. The number of carbonyl (C=O) groups excluding carboxylic acids is 3. The summed E-state index contributed by atoms with van der Waals surface area (Å²) in [6.07, 6.45) is 2.67. The van der Waals surface area contributed by atoms with E-state index >= 15 is 0 Å². The van der Waals surface area contributed by atoms with E-state index in [0.29, 0.717) is 13.0 Å². The Hall–Kier alpha value is -3.81. The normalized spacial score (nSPS) is 14.7. The highest BCUT2D eigenvalue weighted by Crippen LogP contribution is 2.28. The van der Waals surface area contributed by atoms with E-state index in [-0.39, 0.29) is 18.2 Å². The highest BCUT2D eigenvalue weighted by atomic mass is 16.6. The van der Waals surface area contributed by atoms with Gasteiger partial charge in [-0.2, -0.15) is 0 Å². The Labute approximate surface area is 224 Å². The molecule has 0 saturated carbocycles. The molecule has 2 aromatic carbocycles. The molecular weight excluding hydrogens is 480 g/mol. The third-order valence-electron chi connectivity index (χ3n) is 6.58. The second kappa shape index (κ2) is 11.3. The summed E-state index contributed by atoms with van der Waals surface area (Å²) in [4.78, 5) is 45.1. The van der Waals surface area contributed by atoms with Crippen LogP contribution in [0.5, 0.6) is 0 Å². The number of benzene rings is 2. The fourth-order valence-corrected chi connectivity index (χ4v) is 4.90. The van der Waals surface area contributed by atoms with Gasteiger partial charge in [0.1, 0.15) is 17.7 Å². The molecule has 0 spiro atoms. The maximum atomic E-state index is 13.7. The summed E-state index contributed by atoms with van der Waals surface area (Å²) in [7, 11) is 0. The van der Waals surface area contributed by atoms with Crippen molar-refractivity contribution < 1.29 is 19.1 Å². The second-order valence-electron chi connectivity index (χ2n) is 11.3. The number of hydrogen-bond donors (Lipinski definition) is 3. The first kappa shape index (κ1) is 27.2. The molecular formula is C30H38N4O4. The average molecular weight is 519 g/mol.